The number of fused-ring (bicyclic) bond motifs is 1. The van der Waals surface area contributed by atoms with Crippen LogP contribution in [0.2, 0.25) is 0 Å². The summed E-state index contributed by atoms with van der Waals surface area (Å²) in [5.74, 6) is 0.951. The molecular weight excluding hydrogens is 332 g/mol. The van der Waals surface area contributed by atoms with Gasteiger partial charge in [0, 0.05) is 44.2 Å². The molecule has 1 aliphatic rings. The number of pyridine rings is 1. The number of aromatic nitrogens is 1. The number of hydrogen-bond acceptors (Lipinski definition) is 4. The van der Waals surface area contributed by atoms with Crippen LogP contribution in [0.5, 0.6) is 0 Å². The summed E-state index contributed by atoms with van der Waals surface area (Å²) in [5, 5.41) is 16.5. The Bertz CT molecular complexity index is 782. The largest absolute Gasteiger partial charge is 0.465 e. The number of carbonyl (C=O) groups is 2. The molecule has 0 radical (unpaired) electrons. The molecule has 1 aromatic carbocycles. The fraction of sp³-hybridized carbons (Fsp3) is 0.421. The van der Waals surface area contributed by atoms with E-state index in [1.54, 1.807) is 7.05 Å². The van der Waals surface area contributed by atoms with E-state index in [-0.39, 0.29) is 24.3 Å². The number of hydrogen-bond donors (Lipinski definition) is 3. The van der Waals surface area contributed by atoms with E-state index >= 15 is 0 Å². The third-order valence-corrected chi connectivity index (χ3v) is 5.05. The molecule has 2 amide bonds. The second-order valence-corrected chi connectivity index (χ2v) is 6.61. The summed E-state index contributed by atoms with van der Waals surface area (Å²) in [6, 6.07) is 9.81. The smallest absolute Gasteiger partial charge is 0.404 e. The van der Waals surface area contributed by atoms with Gasteiger partial charge >= 0.3 is 6.09 Å². The van der Waals surface area contributed by atoms with Crippen LogP contribution in [0.4, 0.5) is 10.6 Å². The predicted molar refractivity (Wildman–Crippen MR) is 100 cm³/mol. The Morgan fingerprint density at radius 3 is 2.69 bits per heavy atom. The van der Waals surface area contributed by atoms with Crippen LogP contribution >= 0.6 is 0 Å². The van der Waals surface area contributed by atoms with Crippen LogP contribution in [0.3, 0.4) is 0 Å². The molecule has 2 aromatic rings. The number of nitrogens with one attached hydrogen (secondary N) is 2. The molecule has 1 saturated heterocycles. The van der Waals surface area contributed by atoms with Crippen LogP contribution in [0, 0.1) is 5.92 Å². The Labute approximate surface area is 152 Å². The fourth-order valence-electron chi connectivity index (χ4n) is 3.67. The minimum Gasteiger partial charge on any atom is -0.465 e. The molecule has 26 heavy (non-hydrogen) atoms. The number of amides is 2. The lowest BCUT2D eigenvalue weighted by atomic mass is 9.87. The third kappa shape index (κ3) is 4.04. The predicted octanol–water partition coefficient (Wildman–Crippen LogP) is 2.22. The maximum atomic E-state index is 11.7. The first-order valence-corrected chi connectivity index (χ1v) is 8.87. The average Bonchev–Trinajstić information content (AvgIpc) is 2.66. The molecule has 0 bridgehead atoms. The van der Waals surface area contributed by atoms with Gasteiger partial charge in [-0.25, -0.2) is 9.78 Å². The Balaban J connectivity index is 1.70. The van der Waals surface area contributed by atoms with Crippen LogP contribution in [0.15, 0.2) is 36.5 Å². The lowest BCUT2D eigenvalue weighted by Crippen LogP contribution is -2.47. The first-order valence-electron chi connectivity index (χ1n) is 8.87. The van der Waals surface area contributed by atoms with Crippen LogP contribution in [-0.2, 0) is 4.79 Å². The molecule has 7 heteroatoms. The molecule has 0 spiro atoms. The molecule has 0 aliphatic carbocycles. The van der Waals surface area contributed by atoms with Crippen molar-refractivity contribution in [3.05, 3.63) is 36.5 Å². The molecular formula is C19H24N4O3. The zero-order valence-electron chi connectivity index (χ0n) is 14.8. The lowest BCUT2D eigenvalue weighted by molar-refractivity contribution is -0.121. The number of anilines is 1. The van der Waals surface area contributed by atoms with E-state index < -0.39 is 6.09 Å². The maximum Gasteiger partial charge on any atom is 0.404 e. The molecule has 3 rings (SSSR count). The maximum absolute atomic E-state index is 11.7. The van der Waals surface area contributed by atoms with Gasteiger partial charge in [0.05, 0.1) is 0 Å². The number of benzene rings is 1. The molecule has 0 saturated carbocycles. The fourth-order valence-corrected chi connectivity index (χ4v) is 3.67. The molecule has 1 atom stereocenters. The van der Waals surface area contributed by atoms with Crippen molar-refractivity contribution in [1.29, 1.82) is 0 Å². The molecule has 1 aromatic heterocycles. The summed E-state index contributed by atoms with van der Waals surface area (Å²) in [4.78, 5) is 29.6. The summed E-state index contributed by atoms with van der Waals surface area (Å²) < 4.78 is 0. The Morgan fingerprint density at radius 2 is 2.00 bits per heavy atom. The summed E-state index contributed by atoms with van der Waals surface area (Å²) in [7, 11) is 1.56. The molecule has 1 unspecified atom stereocenters. The van der Waals surface area contributed by atoms with Gasteiger partial charge in [-0.2, -0.15) is 0 Å². The van der Waals surface area contributed by atoms with Crippen molar-refractivity contribution in [2.24, 2.45) is 5.92 Å². The van der Waals surface area contributed by atoms with Gasteiger partial charge < -0.3 is 20.6 Å². The minimum atomic E-state index is -1.09. The summed E-state index contributed by atoms with van der Waals surface area (Å²) in [6.45, 7) is 1.58. The van der Waals surface area contributed by atoms with Gasteiger partial charge in [-0.3, -0.25) is 4.79 Å². The molecule has 1 fully saturated rings. The van der Waals surface area contributed by atoms with Crippen molar-refractivity contribution in [2.75, 3.05) is 25.0 Å². The molecule has 2 heterocycles. The van der Waals surface area contributed by atoms with E-state index in [4.69, 9.17) is 5.11 Å². The van der Waals surface area contributed by atoms with Crippen LogP contribution in [0.25, 0.3) is 10.8 Å². The lowest BCUT2D eigenvalue weighted by Gasteiger charge is -2.36. The average molecular weight is 356 g/mol. The van der Waals surface area contributed by atoms with Crippen LogP contribution in [-0.4, -0.2) is 48.3 Å². The highest BCUT2D eigenvalue weighted by atomic mass is 16.4. The van der Waals surface area contributed by atoms with Crippen molar-refractivity contribution in [3.63, 3.8) is 0 Å². The van der Waals surface area contributed by atoms with Crippen molar-refractivity contribution in [2.45, 2.75) is 25.3 Å². The Hall–Kier alpha value is -2.83. The van der Waals surface area contributed by atoms with Crippen molar-refractivity contribution in [3.8, 4) is 0 Å². The SMILES string of the molecule is CNC(=O)CC(NC(=O)O)C1CCN(c2nccc3ccccc23)CC1. The van der Waals surface area contributed by atoms with Gasteiger partial charge in [0.1, 0.15) is 5.82 Å². The van der Waals surface area contributed by atoms with Gasteiger partial charge in [-0.15, -0.1) is 0 Å². The third-order valence-electron chi connectivity index (χ3n) is 5.05. The first-order chi connectivity index (χ1) is 12.6. The summed E-state index contributed by atoms with van der Waals surface area (Å²) in [5.41, 5.74) is 0. The second kappa shape index (κ2) is 8.03. The number of nitrogens with zero attached hydrogens (tertiary/aromatic N) is 2. The van der Waals surface area contributed by atoms with Crippen molar-refractivity contribution in [1.82, 2.24) is 15.6 Å². The number of carbonyl (C=O) groups excluding carboxylic acids is 1. The van der Waals surface area contributed by atoms with E-state index in [2.05, 4.69) is 32.7 Å². The van der Waals surface area contributed by atoms with E-state index in [9.17, 15) is 9.59 Å². The van der Waals surface area contributed by atoms with Gasteiger partial charge in [0.2, 0.25) is 5.91 Å². The molecule has 138 valence electrons. The molecule has 3 N–H and O–H groups in total. The van der Waals surface area contributed by atoms with E-state index in [1.807, 2.05) is 24.4 Å². The number of piperidine rings is 1. The highest BCUT2D eigenvalue weighted by Crippen LogP contribution is 2.29. The van der Waals surface area contributed by atoms with Crippen LogP contribution < -0.4 is 15.5 Å². The Kier molecular flexibility index (Phi) is 5.55. The van der Waals surface area contributed by atoms with Gasteiger partial charge in [0.25, 0.3) is 0 Å². The monoisotopic (exact) mass is 356 g/mol. The van der Waals surface area contributed by atoms with Gasteiger partial charge in [-0.1, -0.05) is 24.3 Å². The number of carboxylic acid groups (broad SMARTS) is 1. The van der Waals surface area contributed by atoms with E-state index in [0.717, 1.165) is 42.5 Å². The van der Waals surface area contributed by atoms with Crippen molar-refractivity contribution >= 4 is 28.6 Å². The van der Waals surface area contributed by atoms with Crippen molar-refractivity contribution < 1.29 is 14.7 Å². The van der Waals surface area contributed by atoms with E-state index in [0.29, 0.717) is 0 Å². The summed E-state index contributed by atoms with van der Waals surface area (Å²) >= 11 is 0. The standard InChI is InChI=1S/C19H24N4O3/c1-20-17(24)12-16(22-19(25)26)14-7-10-23(11-8-14)18-15-5-3-2-4-13(15)6-9-21-18/h2-6,9,14,16,22H,7-8,10-12H2,1H3,(H,20,24)(H,25,26). The van der Waals surface area contributed by atoms with Gasteiger partial charge in [0.15, 0.2) is 0 Å². The molecule has 7 nitrogen and oxygen atoms in total. The van der Waals surface area contributed by atoms with E-state index in [1.165, 1.54) is 0 Å². The van der Waals surface area contributed by atoms with Gasteiger partial charge in [-0.05, 0) is 30.2 Å². The van der Waals surface area contributed by atoms with Crippen LogP contribution in [0.1, 0.15) is 19.3 Å². The highest BCUT2D eigenvalue weighted by molar-refractivity contribution is 5.92. The zero-order valence-corrected chi connectivity index (χ0v) is 14.8. The quantitative estimate of drug-likeness (QED) is 0.764. The minimum absolute atomic E-state index is 0.134. The zero-order chi connectivity index (χ0) is 18.5. The second-order valence-electron chi connectivity index (χ2n) is 6.61. The highest BCUT2D eigenvalue weighted by Gasteiger charge is 2.30. The normalized spacial score (nSPS) is 16.3. The topological polar surface area (TPSA) is 94.6 Å². The molecule has 1 aliphatic heterocycles. The summed E-state index contributed by atoms with van der Waals surface area (Å²) in [6.07, 6.45) is 2.53. The first kappa shape index (κ1) is 18.0. The Morgan fingerprint density at radius 1 is 1.27 bits per heavy atom. The number of rotatable bonds is 5.